The fourth-order valence-electron chi connectivity index (χ4n) is 3.13. The molecule has 0 radical (unpaired) electrons. The Hall–Kier alpha value is -2.11. The fraction of sp³-hybridized carbons (Fsp3) is 0.333. The van der Waals surface area contributed by atoms with Gasteiger partial charge < -0.3 is 14.6 Å². The summed E-state index contributed by atoms with van der Waals surface area (Å²) in [6.07, 6.45) is -0.699. The van der Waals surface area contributed by atoms with Gasteiger partial charge >= 0.3 is 0 Å². The molecule has 0 saturated heterocycles. The molecule has 2 aromatic carbocycles. The van der Waals surface area contributed by atoms with Gasteiger partial charge in [0.25, 0.3) is 0 Å². The van der Waals surface area contributed by atoms with Crippen LogP contribution in [0.4, 0.5) is 4.39 Å². The molecule has 0 aromatic heterocycles. The van der Waals surface area contributed by atoms with E-state index >= 15 is 0 Å². The summed E-state index contributed by atoms with van der Waals surface area (Å²) in [7, 11) is 3.19. The number of hydrogen-bond donors (Lipinski definition) is 1. The first-order valence-electron chi connectivity index (χ1n) is 7.51. The van der Waals surface area contributed by atoms with Crippen LogP contribution in [0.15, 0.2) is 36.4 Å². The molecule has 1 heterocycles. The molecular weight excluding hydrogens is 297 g/mol. The van der Waals surface area contributed by atoms with Gasteiger partial charge in [-0.15, -0.1) is 0 Å². The van der Waals surface area contributed by atoms with E-state index in [0.717, 1.165) is 11.1 Å². The number of aliphatic hydroxyl groups is 1. The van der Waals surface area contributed by atoms with Gasteiger partial charge in [-0.3, -0.25) is 4.90 Å². The number of hydrogen-bond acceptors (Lipinski definition) is 4. The molecule has 1 atom stereocenters. The summed E-state index contributed by atoms with van der Waals surface area (Å²) in [4.78, 5) is 2.01. The topological polar surface area (TPSA) is 41.9 Å². The third-order valence-electron chi connectivity index (χ3n) is 4.21. The van der Waals surface area contributed by atoms with Gasteiger partial charge in [-0.25, -0.2) is 4.39 Å². The van der Waals surface area contributed by atoms with Crippen LogP contribution in [0.3, 0.4) is 0 Å². The number of β-amino-alcohol motifs (C(OH)–C–C–N with tert-alkyl or cyclic N) is 1. The van der Waals surface area contributed by atoms with Crippen LogP contribution in [0.1, 0.15) is 22.8 Å². The lowest BCUT2D eigenvalue weighted by Crippen LogP contribution is -2.34. The zero-order valence-corrected chi connectivity index (χ0v) is 13.3. The van der Waals surface area contributed by atoms with Gasteiger partial charge in [0, 0.05) is 36.3 Å². The van der Waals surface area contributed by atoms with Crippen molar-refractivity contribution in [3.05, 3.63) is 58.9 Å². The minimum absolute atomic E-state index is 0.231. The van der Waals surface area contributed by atoms with Gasteiger partial charge in [-0.05, 0) is 18.2 Å². The standard InChI is InChI=1S/C18H20FNO3/c1-22-16-7-8-17(23-2)18-13(16)10-20(11-15(18)21)9-12-5-3-4-6-14(12)19/h3-8,15,21H,9-11H2,1-2H3. The number of fused-ring (bicyclic) bond motifs is 1. The number of halogens is 1. The van der Waals surface area contributed by atoms with Crippen LogP contribution >= 0.6 is 0 Å². The van der Waals surface area contributed by atoms with E-state index in [1.165, 1.54) is 6.07 Å². The van der Waals surface area contributed by atoms with Crippen LogP contribution in [0.5, 0.6) is 11.5 Å². The van der Waals surface area contributed by atoms with Crippen molar-refractivity contribution in [3.63, 3.8) is 0 Å². The number of ether oxygens (including phenoxy) is 2. The monoisotopic (exact) mass is 317 g/mol. The summed E-state index contributed by atoms with van der Waals surface area (Å²) in [5.74, 6) is 1.13. The molecule has 2 aromatic rings. The highest BCUT2D eigenvalue weighted by molar-refractivity contribution is 5.51. The Balaban J connectivity index is 1.92. The van der Waals surface area contributed by atoms with Crippen LogP contribution in [0, 0.1) is 5.82 Å². The number of nitrogens with zero attached hydrogens (tertiary/aromatic N) is 1. The zero-order valence-electron chi connectivity index (χ0n) is 13.3. The number of methoxy groups -OCH3 is 2. The third-order valence-corrected chi connectivity index (χ3v) is 4.21. The predicted molar refractivity (Wildman–Crippen MR) is 85.0 cm³/mol. The Morgan fingerprint density at radius 2 is 1.83 bits per heavy atom. The summed E-state index contributed by atoms with van der Waals surface area (Å²) >= 11 is 0. The molecule has 122 valence electrons. The van der Waals surface area contributed by atoms with Crippen molar-refractivity contribution in [2.75, 3.05) is 20.8 Å². The van der Waals surface area contributed by atoms with Gasteiger partial charge in [0.2, 0.25) is 0 Å². The van der Waals surface area contributed by atoms with Gasteiger partial charge in [0.05, 0.1) is 20.3 Å². The molecule has 23 heavy (non-hydrogen) atoms. The second-order valence-corrected chi connectivity index (χ2v) is 5.64. The van der Waals surface area contributed by atoms with E-state index in [4.69, 9.17) is 9.47 Å². The first kappa shape index (κ1) is 15.8. The Labute approximate surface area is 135 Å². The Bertz CT molecular complexity index is 705. The first-order chi connectivity index (χ1) is 11.1. The van der Waals surface area contributed by atoms with Crippen molar-refractivity contribution < 1.29 is 19.0 Å². The van der Waals surface area contributed by atoms with Crippen molar-refractivity contribution in [2.24, 2.45) is 0 Å². The summed E-state index contributed by atoms with van der Waals surface area (Å²) in [6.45, 7) is 1.43. The average Bonchev–Trinajstić information content (AvgIpc) is 2.56. The molecule has 0 bridgehead atoms. The lowest BCUT2D eigenvalue weighted by Gasteiger charge is -2.34. The van der Waals surface area contributed by atoms with Crippen molar-refractivity contribution in [1.29, 1.82) is 0 Å². The van der Waals surface area contributed by atoms with Crippen LogP contribution in [0.25, 0.3) is 0 Å². The minimum atomic E-state index is -0.699. The van der Waals surface area contributed by atoms with Gasteiger partial charge in [0.1, 0.15) is 17.3 Å². The highest BCUT2D eigenvalue weighted by Gasteiger charge is 2.29. The first-order valence-corrected chi connectivity index (χ1v) is 7.51. The van der Waals surface area contributed by atoms with Gasteiger partial charge in [-0.1, -0.05) is 18.2 Å². The highest BCUT2D eigenvalue weighted by Crippen LogP contribution is 2.39. The number of rotatable bonds is 4. The van der Waals surface area contributed by atoms with Crippen LogP contribution < -0.4 is 9.47 Å². The van der Waals surface area contributed by atoms with Gasteiger partial charge in [0.15, 0.2) is 0 Å². The fourth-order valence-corrected chi connectivity index (χ4v) is 3.13. The van der Waals surface area contributed by atoms with E-state index in [2.05, 4.69) is 0 Å². The van der Waals surface area contributed by atoms with Crippen LogP contribution in [-0.4, -0.2) is 30.8 Å². The molecular formula is C18H20FNO3. The van der Waals surface area contributed by atoms with E-state index in [-0.39, 0.29) is 5.82 Å². The Kier molecular flexibility index (Phi) is 4.50. The zero-order chi connectivity index (χ0) is 16.4. The predicted octanol–water partition coefficient (Wildman–Crippen LogP) is 2.89. The third kappa shape index (κ3) is 3.02. The maximum Gasteiger partial charge on any atom is 0.127 e. The van der Waals surface area contributed by atoms with E-state index < -0.39 is 6.10 Å². The van der Waals surface area contributed by atoms with E-state index in [1.807, 2.05) is 17.0 Å². The molecule has 0 amide bonds. The van der Waals surface area contributed by atoms with Crippen molar-refractivity contribution >= 4 is 0 Å². The molecule has 1 unspecified atom stereocenters. The second-order valence-electron chi connectivity index (χ2n) is 5.64. The minimum Gasteiger partial charge on any atom is -0.496 e. The number of benzene rings is 2. The van der Waals surface area contributed by atoms with E-state index in [0.29, 0.717) is 36.7 Å². The Morgan fingerprint density at radius 3 is 2.52 bits per heavy atom. The summed E-state index contributed by atoms with van der Waals surface area (Å²) < 4.78 is 24.6. The molecule has 1 aliphatic heterocycles. The molecule has 0 fully saturated rings. The maximum atomic E-state index is 13.9. The van der Waals surface area contributed by atoms with Gasteiger partial charge in [-0.2, -0.15) is 0 Å². The summed E-state index contributed by atoms with van der Waals surface area (Å²) in [5, 5.41) is 10.5. The van der Waals surface area contributed by atoms with Crippen LogP contribution in [0.2, 0.25) is 0 Å². The summed E-state index contributed by atoms with van der Waals surface area (Å²) in [6, 6.07) is 10.3. The normalized spacial score (nSPS) is 17.7. The smallest absolute Gasteiger partial charge is 0.127 e. The Morgan fingerprint density at radius 1 is 1.13 bits per heavy atom. The lowest BCUT2D eigenvalue weighted by atomic mass is 9.95. The molecule has 0 aliphatic carbocycles. The van der Waals surface area contributed by atoms with Crippen molar-refractivity contribution in [3.8, 4) is 11.5 Å². The molecule has 0 saturated carbocycles. The largest absolute Gasteiger partial charge is 0.496 e. The van der Waals surface area contributed by atoms with E-state index in [9.17, 15) is 9.50 Å². The molecule has 5 heteroatoms. The van der Waals surface area contributed by atoms with Crippen LogP contribution in [-0.2, 0) is 13.1 Å². The molecule has 0 spiro atoms. The van der Waals surface area contributed by atoms with E-state index in [1.54, 1.807) is 32.4 Å². The molecule has 1 N–H and O–H groups in total. The molecule has 1 aliphatic rings. The SMILES string of the molecule is COc1ccc(OC)c2c1CN(Cc1ccccc1F)CC2O. The maximum absolute atomic E-state index is 13.9. The average molecular weight is 317 g/mol. The molecule has 4 nitrogen and oxygen atoms in total. The molecule has 3 rings (SSSR count). The highest BCUT2D eigenvalue weighted by atomic mass is 19.1. The van der Waals surface area contributed by atoms with Crippen molar-refractivity contribution in [2.45, 2.75) is 19.2 Å². The lowest BCUT2D eigenvalue weighted by molar-refractivity contribution is 0.0837. The quantitative estimate of drug-likeness (QED) is 0.941. The van der Waals surface area contributed by atoms with Crippen molar-refractivity contribution in [1.82, 2.24) is 4.90 Å². The summed E-state index contributed by atoms with van der Waals surface area (Å²) in [5.41, 5.74) is 2.27. The second kappa shape index (κ2) is 6.56. The number of aliphatic hydroxyl groups excluding tert-OH is 1.